The molecule has 3 aliphatic rings. The van der Waals surface area contributed by atoms with Crippen LogP contribution in [0.15, 0.2) is 48.8 Å². The lowest BCUT2D eigenvalue weighted by atomic mass is 9.97. The molecule has 2 amide bonds. The van der Waals surface area contributed by atoms with E-state index in [9.17, 15) is 19.5 Å². The lowest BCUT2D eigenvalue weighted by molar-refractivity contribution is -0.140. The second kappa shape index (κ2) is 8.48. The first-order valence-corrected chi connectivity index (χ1v) is 12.2. The Balaban J connectivity index is 1.15. The number of pyridine rings is 1. The van der Waals surface area contributed by atoms with Gasteiger partial charge in [-0.2, -0.15) is 5.10 Å². The summed E-state index contributed by atoms with van der Waals surface area (Å²) in [6, 6.07) is 11.7. The minimum absolute atomic E-state index is 0.0810. The number of nitrogens with one attached hydrogen (secondary N) is 1. The van der Waals surface area contributed by atoms with Crippen LogP contribution >= 0.6 is 0 Å². The molecular weight excluding hydrogens is 446 g/mol. The number of amides is 2. The SMILES string of the molecule is O=C(O)c1nn(CC(=O)N2[C@@H]3C[C@@H]3C[C@H]2C(=O)N[C@@H]2CCC(c3ccccc3)C2)c2cnccc12. The third kappa shape index (κ3) is 3.94. The molecule has 180 valence electrons. The Morgan fingerprint density at radius 2 is 1.89 bits per heavy atom. The predicted octanol–water partition coefficient (Wildman–Crippen LogP) is 2.57. The first kappa shape index (κ1) is 21.8. The fourth-order valence-electron chi connectivity index (χ4n) is 6.00. The van der Waals surface area contributed by atoms with Crippen molar-refractivity contribution >= 4 is 28.7 Å². The predicted molar refractivity (Wildman–Crippen MR) is 127 cm³/mol. The van der Waals surface area contributed by atoms with Gasteiger partial charge in [0.1, 0.15) is 12.6 Å². The molecule has 1 aliphatic heterocycles. The van der Waals surface area contributed by atoms with Gasteiger partial charge in [0.15, 0.2) is 5.69 Å². The number of carboxylic acids is 1. The van der Waals surface area contributed by atoms with Gasteiger partial charge in [-0.1, -0.05) is 30.3 Å². The first-order chi connectivity index (χ1) is 17.0. The summed E-state index contributed by atoms with van der Waals surface area (Å²) in [6.45, 7) is -0.123. The Kier molecular flexibility index (Phi) is 5.27. The molecule has 1 saturated heterocycles. The van der Waals surface area contributed by atoms with Gasteiger partial charge in [0.25, 0.3) is 0 Å². The number of aromatic nitrogens is 3. The molecule has 35 heavy (non-hydrogen) atoms. The molecule has 0 spiro atoms. The van der Waals surface area contributed by atoms with Crippen molar-refractivity contribution in [2.45, 2.75) is 62.7 Å². The number of hydrogen-bond donors (Lipinski definition) is 2. The third-order valence-corrected chi connectivity index (χ3v) is 7.79. The number of likely N-dealkylation sites (tertiary alicyclic amines) is 1. The highest BCUT2D eigenvalue weighted by molar-refractivity contribution is 6.01. The van der Waals surface area contributed by atoms with Crippen LogP contribution in [0.4, 0.5) is 0 Å². The summed E-state index contributed by atoms with van der Waals surface area (Å²) in [5, 5.41) is 17.3. The molecule has 6 rings (SSSR count). The van der Waals surface area contributed by atoms with Crippen LogP contribution in [0, 0.1) is 5.92 Å². The monoisotopic (exact) mass is 473 g/mol. The van der Waals surface area contributed by atoms with E-state index in [0.29, 0.717) is 29.2 Å². The number of nitrogens with zero attached hydrogens (tertiary/aromatic N) is 4. The second-order valence-electron chi connectivity index (χ2n) is 9.95. The summed E-state index contributed by atoms with van der Waals surface area (Å²) in [4.78, 5) is 44.0. The van der Waals surface area contributed by atoms with E-state index < -0.39 is 12.0 Å². The second-order valence-corrected chi connectivity index (χ2v) is 9.95. The minimum Gasteiger partial charge on any atom is -0.476 e. The van der Waals surface area contributed by atoms with E-state index in [0.717, 1.165) is 25.7 Å². The van der Waals surface area contributed by atoms with E-state index in [1.807, 2.05) is 18.2 Å². The zero-order valence-electron chi connectivity index (χ0n) is 19.2. The van der Waals surface area contributed by atoms with E-state index in [2.05, 4.69) is 27.5 Å². The highest BCUT2D eigenvalue weighted by atomic mass is 16.4. The van der Waals surface area contributed by atoms with Crippen LogP contribution < -0.4 is 5.32 Å². The van der Waals surface area contributed by atoms with Crippen molar-refractivity contribution in [1.29, 1.82) is 0 Å². The van der Waals surface area contributed by atoms with Crippen molar-refractivity contribution in [3.8, 4) is 0 Å². The Bertz CT molecular complexity index is 1310. The fraction of sp³-hybridized carbons (Fsp3) is 0.423. The zero-order chi connectivity index (χ0) is 24.1. The third-order valence-electron chi connectivity index (χ3n) is 7.79. The Hall–Kier alpha value is -3.75. The van der Waals surface area contributed by atoms with Crippen LogP contribution in [0.3, 0.4) is 0 Å². The quantitative estimate of drug-likeness (QED) is 0.568. The highest BCUT2D eigenvalue weighted by Crippen LogP contribution is 2.48. The average molecular weight is 474 g/mol. The van der Waals surface area contributed by atoms with E-state index in [-0.39, 0.29) is 36.1 Å². The van der Waals surface area contributed by atoms with Crippen LogP contribution in [-0.2, 0) is 16.1 Å². The minimum atomic E-state index is -1.15. The number of rotatable bonds is 6. The van der Waals surface area contributed by atoms with Crippen LogP contribution in [0.25, 0.3) is 10.9 Å². The molecule has 9 nitrogen and oxygen atoms in total. The molecule has 3 heterocycles. The maximum Gasteiger partial charge on any atom is 0.357 e. The van der Waals surface area contributed by atoms with Crippen molar-refractivity contribution in [3.63, 3.8) is 0 Å². The summed E-state index contributed by atoms with van der Waals surface area (Å²) < 4.78 is 1.39. The molecule has 0 bridgehead atoms. The molecule has 2 saturated carbocycles. The van der Waals surface area contributed by atoms with Gasteiger partial charge < -0.3 is 15.3 Å². The Morgan fingerprint density at radius 1 is 1.06 bits per heavy atom. The largest absolute Gasteiger partial charge is 0.476 e. The lowest BCUT2D eigenvalue weighted by Gasteiger charge is -2.28. The molecular formula is C26H27N5O4. The smallest absolute Gasteiger partial charge is 0.357 e. The molecule has 3 aromatic rings. The maximum absolute atomic E-state index is 13.4. The number of carbonyl (C=O) groups is 3. The van der Waals surface area contributed by atoms with E-state index >= 15 is 0 Å². The molecule has 2 aliphatic carbocycles. The molecule has 1 aromatic carbocycles. The highest BCUT2D eigenvalue weighted by Gasteiger charge is 2.56. The average Bonchev–Trinajstić information content (AvgIpc) is 3.20. The summed E-state index contributed by atoms with van der Waals surface area (Å²) >= 11 is 0. The molecule has 2 aromatic heterocycles. The van der Waals surface area contributed by atoms with Crippen molar-refractivity contribution < 1.29 is 19.5 Å². The molecule has 3 fully saturated rings. The van der Waals surface area contributed by atoms with Crippen molar-refractivity contribution in [2.75, 3.05) is 0 Å². The Morgan fingerprint density at radius 3 is 2.69 bits per heavy atom. The number of benzene rings is 1. The summed E-state index contributed by atoms with van der Waals surface area (Å²) in [6.07, 6.45) is 7.50. The maximum atomic E-state index is 13.4. The zero-order valence-corrected chi connectivity index (χ0v) is 19.2. The molecule has 2 N–H and O–H groups in total. The van der Waals surface area contributed by atoms with Crippen molar-refractivity contribution in [2.24, 2.45) is 5.92 Å². The van der Waals surface area contributed by atoms with Gasteiger partial charge in [0.05, 0.1) is 11.7 Å². The number of piperidine rings is 1. The topological polar surface area (TPSA) is 117 Å². The van der Waals surface area contributed by atoms with Crippen molar-refractivity contribution in [3.05, 3.63) is 60.0 Å². The number of hydrogen-bond acceptors (Lipinski definition) is 5. The fourth-order valence-corrected chi connectivity index (χ4v) is 6.00. The summed E-state index contributed by atoms with van der Waals surface area (Å²) in [5.74, 6) is -0.642. The van der Waals surface area contributed by atoms with Gasteiger partial charge in [-0.15, -0.1) is 0 Å². The normalized spacial score (nSPS) is 27.1. The van der Waals surface area contributed by atoms with Crippen LogP contribution in [-0.4, -0.2) is 60.7 Å². The van der Waals surface area contributed by atoms with Crippen molar-refractivity contribution in [1.82, 2.24) is 25.0 Å². The molecule has 1 unspecified atom stereocenters. The van der Waals surface area contributed by atoms with Crippen LogP contribution in [0.2, 0.25) is 0 Å². The van der Waals surface area contributed by atoms with Gasteiger partial charge in [-0.25, -0.2) is 4.79 Å². The molecule has 5 atom stereocenters. The summed E-state index contributed by atoms with van der Waals surface area (Å²) in [7, 11) is 0. The van der Waals surface area contributed by atoms with Gasteiger partial charge in [-0.3, -0.25) is 19.3 Å². The standard InChI is InChI=1S/C26H27N5O4/c32-23(14-30-22-13-27-9-8-19(22)24(29-30)26(34)35)31-20-11-17(20)12-21(31)25(33)28-18-7-6-16(10-18)15-4-2-1-3-5-15/h1-5,8-9,13,16-18,20-21H,6-7,10-12,14H2,(H,28,33)(H,34,35)/t16?,17-,18-,20-,21+/m1/s1. The van der Waals surface area contributed by atoms with Gasteiger partial charge >= 0.3 is 5.97 Å². The lowest BCUT2D eigenvalue weighted by Crippen LogP contribution is -2.50. The van der Waals surface area contributed by atoms with Crippen LogP contribution in [0.5, 0.6) is 0 Å². The van der Waals surface area contributed by atoms with Gasteiger partial charge in [0, 0.05) is 23.7 Å². The number of carboxylic acid groups (broad SMARTS) is 1. The van der Waals surface area contributed by atoms with Crippen LogP contribution in [0.1, 0.15) is 54.1 Å². The van der Waals surface area contributed by atoms with E-state index in [1.54, 1.807) is 11.0 Å². The number of aromatic carboxylic acids is 1. The Labute approximate surface area is 202 Å². The van der Waals surface area contributed by atoms with E-state index in [4.69, 9.17) is 0 Å². The molecule has 0 radical (unpaired) electrons. The van der Waals surface area contributed by atoms with Gasteiger partial charge in [-0.05, 0) is 55.6 Å². The number of fused-ring (bicyclic) bond motifs is 2. The molecule has 9 heteroatoms. The van der Waals surface area contributed by atoms with Gasteiger partial charge in [0.2, 0.25) is 11.8 Å². The first-order valence-electron chi connectivity index (χ1n) is 12.2. The van der Waals surface area contributed by atoms with E-state index in [1.165, 1.54) is 22.6 Å². The summed E-state index contributed by atoms with van der Waals surface area (Å²) in [5.41, 5.74) is 1.69. The number of carbonyl (C=O) groups excluding carboxylic acids is 2.